The van der Waals surface area contributed by atoms with E-state index in [9.17, 15) is 22.4 Å². The van der Waals surface area contributed by atoms with Gasteiger partial charge in [-0.2, -0.15) is 0 Å². The minimum Gasteiger partial charge on any atom is -0.462 e. The molecule has 1 amide bonds. The maximum atomic E-state index is 14.2. The van der Waals surface area contributed by atoms with Crippen molar-refractivity contribution in [2.45, 2.75) is 19.9 Å². The van der Waals surface area contributed by atoms with Gasteiger partial charge in [-0.25, -0.2) is 17.6 Å². The van der Waals surface area contributed by atoms with E-state index < -0.39 is 33.8 Å². The number of carbonyl (C=O) groups is 2. The van der Waals surface area contributed by atoms with Crippen LogP contribution in [-0.4, -0.2) is 39.2 Å². The molecule has 0 aliphatic heterocycles. The van der Waals surface area contributed by atoms with E-state index in [-0.39, 0.29) is 23.5 Å². The Hall–Kier alpha value is -2.94. The van der Waals surface area contributed by atoms with Crippen LogP contribution in [0.25, 0.3) is 0 Å². The van der Waals surface area contributed by atoms with Gasteiger partial charge in [-0.3, -0.25) is 9.10 Å². The number of hydrogen-bond donors (Lipinski definition) is 1. The number of carbonyl (C=O) groups excluding carboxylic acids is 2. The first-order valence-corrected chi connectivity index (χ1v) is 10.3. The second-order valence-electron chi connectivity index (χ2n) is 5.94. The fourth-order valence-electron chi connectivity index (χ4n) is 2.63. The summed E-state index contributed by atoms with van der Waals surface area (Å²) in [6.07, 6.45) is 0.885. The number of halogens is 1. The minimum absolute atomic E-state index is 0.127. The highest BCUT2D eigenvalue weighted by atomic mass is 32.2. The lowest BCUT2D eigenvalue weighted by Gasteiger charge is -2.28. The molecule has 0 aromatic heterocycles. The van der Waals surface area contributed by atoms with Crippen LogP contribution in [0.15, 0.2) is 48.5 Å². The maximum absolute atomic E-state index is 14.2. The lowest BCUT2D eigenvalue weighted by atomic mass is 10.1. The fourth-order valence-corrected chi connectivity index (χ4v) is 3.80. The van der Waals surface area contributed by atoms with Gasteiger partial charge in [0.1, 0.15) is 11.9 Å². The van der Waals surface area contributed by atoms with Gasteiger partial charge in [-0.15, -0.1) is 0 Å². The standard InChI is InChI=1S/C19H21FN2O5S/c1-4-27-19(24)14-9-5-7-11-16(14)21-18(23)13(2)22(28(3,25)26)17-12-8-6-10-15(17)20/h5-13H,4H2,1-3H3,(H,21,23)/t13-/m0/s1. The quantitative estimate of drug-likeness (QED) is 0.711. The van der Waals surface area contributed by atoms with Crippen molar-refractivity contribution < 1.29 is 27.1 Å². The first kappa shape index (κ1) is 21.4. The topological polar surface area (TPSA) is 92.8 Å². The molecule has 0 saturated heterocycles. The van der Waals surface area contributed by atoms with Crippen molar-refractivity contribution in [1.82, 2.24) is 0 Å². The molecule has 7 nitrogen and oxygen atoms in total. The zero-order chi connectivity index (χ0) is 20.9. The van der Waals surface area contributed by atoms with E-state index in [1.54, 1.807) is 19.1 Å². The van der Waals surface area contributed by atoms with E-state index >= 15 is 0 Å². The Balaban J connectivity index is 2.36. The van der Waals surface area contributed by atoms with Crippen LogP contribution in [-0.2, 0) is 19.6 Å². The minimum atomic E-state index is -3.97. The predicted octanol–water partition coefficient (Wildman–Crippen LogP) is 2.80. The molecular weight excluding hydrogens is 387 g/mol. The molecule has 0 spiro atoms. The van der Waals surface area contributed by atoms with Crippen LogP contribution in [0.4, 0.5) is 15.8 Å². The Bertz CT molecular complexity index is 978. The Morgan fingerprint density at radius 1 is 1.14 bits per heavy atom. The van der Waals surface area contributed by atoms with Gasteiger partial charge in [0, 0.05) is 0 Å². The van der Waals surface area contributed by atoms with Crippen molar-refractivity contribution >= 4 is 33.3 Å². The average molecular weight is 408 g/mol. The summed E-state index contributed by atoms with van der Waals surface area (Å²) in [4.78, 5) is 24.8. The van der Waals surface area contributed by atoms with Crippen molar-refractivity contribution in [2.75, 3.05) is 22.5 Å². The second kappa shape index (κ2) is 8.83. The average Bonchev–Trinajstić information content (AvgIpc) is 2.63. The predicted molar refractivity (Wildman–Crippen MR) is 104 cm³/mol. The van der Waals surface area contributed by atoms with Gasteiger partial charge < -0.3 is 10.1 Å². The molecule has 1 atom stereocenters. The first-order chi connectivity index (χ1) is 13.2. The SMILES string of the molecule is CCOC(=O)c1ccccc1NC(=O)[C@H](C)N(c1ccccc1F)S(C)(=O)=O. The highest BCUT2D eigenvalue weighted by molar-refractivity contribution is 7.92. The number of anilines is 2. The summed E-state index contributed by atoms with van der Waals surface area (Å²) in [6, 6.07) is 10.2. The molecule has 0 radical (unpaired) electrons. The van der Waals surface area contributed by atoms with Gasteiger partial charge in [0.05, 0.1) is 29.8 Å². The van der Waals surface area contributed by atoms with E-state index in [1.807, 2.05) is 0 Å². The van der Waals surface area contributed by atoms with Crippen LogP contribution in [0, 0.1) is 5.82 Å². The van der Waals surface area contributed by atoms with E-state index in [4.69, 9.17) is 4.74 Å². The van der Waals surface area contributed by atoms with Crippen LogP contribution in [0.1, 0.15) is 24.2 Å². The molecule has 28 heavy (non-hydrogen) atoms. The number of benzene rings is 2. The zero-order valence-electron chi connectivity index (χ0n) is 15.7. The smallest absolute Gasteiger partial charge is 0.340 e. The maximum Gasteiger partial charge on any atom is 0.340 e. The van der Waals surface area contributed by atoms with Crippen molar-refractivity contribution in [3.63, 3.8) is 0 Å². The van der Waals surface area contributed by atoms with E-state index in [2.05, 4.69) is 5.32 Å². The van der Waals surface area contributed by atoms with Gasteiger partial charge in [0.2, 0.25) is 15.9 Å². The highest BCUT2D eigenvalue weighted by Gasteiger charge is 2.31. The molecule has 0 unspecified atom stereocenters. The summed E-state index contributed by atoms with van der Waals surface area (Å²) >= 11 is 0. The van der Waals surface area contributed by atoms with Crippen LogP contribution in [0.5, 0.6) is 0 Å². The molecule has 0 heterocycles. The Morgan fingerprint density at radius 2 is 1.75 bits per heavy atom. The largest absolute Gasteiger partial charge is 0.462 e. The van der Waals surface area contributed by atoms with Crippen molar-refractivity contribution in [1.29, 1.82) is 0 Å². The van der Waals surface area contributed by atoms with Crippen molar-refractivity contribution in [2.24, 2.45) is 0 Å². The number of para-hydroxylation sites is 2. The number of hydrogen-bond acceptors (Lipinski definition) is 5. The third-order valence-corrected chi connectivity index (χ3v) is 5.09. The van der Waals surface area contributed by atoms with Crippen LogP contribution >= 0.6 is 0 Å². The number of rotatable bonds is 7. The van der Waals surface area contributed by atoms with E-state index in [0.717, 1.165) is 12.3 Å². The van der Waals surface area contributed by atoms with Gasteiger partial charge in [0.25, 0.3) is 0 Å². The number of ether oxygens (including phenoxy) is 1. The molecule has 0 fully saturated rings. The van der Waals surface area contributed by atoms with Crippen molar-refractivity contribution in [3.05, 3.63) is 59.9 Å². The number of nitrogens with zero attached hydrogens (tertiary/aromatic N) is 1. The molecule has 9 heteroatoms. The monoisotopic (exact) mass is 408 g/mol. The van der Waals surface area contributed by atoms with Gasteiger partial charge in [0.15, 0.2) is 0 Å². The lowest BCUT2D eigenvalue weighted by molar-refractivity contribution is -0.116. The molecule has 2 aromatic rings. The summed E-state index contributed by atoms with van der Waals surface area (Å²) in [7, 11) is -3.97. The first-order valence-electron chi connectivity index (χ1n) is 8.47. The molecule has 0 aliphatic carbocycles. The number of sulfonamides is 1. The third kappa shape index (κ3) is 4.86. The highest BCUT2D eigenvalue weighted by Crippen LogP contribution is 2.25. The van der Waals surface area contributed by atoms with Gasteiger partial charge in [-0.05, 0) is 38.1 Å². The summed E-state index contributed by atoms with van der Waals surface area (Å²) in [5.74, 6) is -2.13. The molecule has 0 aliphatic rings. The Morgan fingerprint density at radius 3 is 2.36 bits per heavy atom. The lowest BCUT2D eigenvalue weighted by Crippen LogP contribution is -2.45. The molecule has 0 bridgehead atoms. The second-order valence-corrected chi connectivity index (χ2v) is 7.80. The molecule has 1 N–H and O–H groups in total. The Labute approximate surface area is 163 Å². The Kier molecular flexibility index (Phi) is 6.74. The van der Waals surface area contributed by atoms with E-state index in [0.29, 0.717) is 4.31 Å². The van der Waals surface area contributed by atoms with E-state index in [1.165, 1.54) is 37.3 Å². The molecular formula is C19H21FN2O5S. The van der Waals surface area contributed by atoms with Gasteiger partial charge >= 0.3 is 5.97 Å². The van der Waals surface area contributed by atoms with Crippen molar-refractivity contribution in [3.8, 4) is 0 Å². The fraction of sp³-hybridized carbons (Fsp3) is 0.263. The molecule has 2 rings (SSSR count). The third-order valence-electron chi connectivity index (χ3n) is 3.86. The summed E-state index contributed by atoms with van der Waals surface area (Å²) < 4.78 is 44.3. The van der Waals surface area contributed by atoms with Gasteiger partial charge in [-0.1, -0.05) is 24.3 Å². The summed E-state index contributed by atoms with van der Waals surface area (Å²) in [5, 5.41) is 2.52. The number of nitrogens with one attached hydrogen (secondary N) is 1. The summed E-state index contributed by atoms with van der Waals surface area (Å²) in [6.45, 7) is 3.14. The zero-order valence-corrected chi connectivity index (χ0v) is 16.5. The van der Waals surface area contributed by atoms with Crippen LogP contribution in [0.2, 0.25) is 0 Å². The van der Waals surface area contributed by atoms with Crippen LogP contribution < -0.4 is 9.62 Å². The van der Waals surface area contributed by atoms with Crippen LogP contribution in [0.3, 0.4) is 0 Å². The number of amides is 1. The molecule has 150 valence electrons. The summed E-state index contributed by atoms with van der Waals surface area (Å²) in [5.41, 5.74) is 0.0489. The molecule has 2 aromatic carbocycles. The normalized spacial score (nSPS) is 12.1. The molecule has 0 saturated carbocycles. The number of esters is 1.